The quantitative estimate of drug-likeness (QED) is 0.886. The van der Waals surface area contributed by atoms with Gasteiger partial charge in [-0.15, -0.1) is 0 Å². The van der Waals surface area contributed by atoms with Gasteiger partial charge in [0.25, 0.3) is 0 Å². The van der Waals surface area contributed by atoms with Gasteiger partial charge < -0.3 is 14.7 Å². The number of nitrogens with zero attached hydrogens (tertiary/aromatic N) is 1. The zero-order valence-corrected chi connectivity index (χ0v) is 12.1. The molecule has 1 aromatic carbocycles. The number of rotatable bonds is 5. The topological polar surface area (TPSA) is 32.7 Å². The molecule has 106 valence electrons. The number of benzene rings is 1. The Kier molecular flexibility index (Phi) is 5.23. The summed E-state index contributed by atoms with van der Waals surface area (Å²) >= 11 is 0. The van der Waals surface area contributed by atoms with Crippen LogP contribution in [0.25, 0.3) is 0 Å². The first-order valence-corrected chi connectivity index (χ1v) is 7.24. The molecule has 1 aliphatic rings. The highest BCUT2D eigenvalue weighted by molar-refractivity contribution is 5.36. The van der Waals surface area contributed by atoms with Crippen molar-refractivity contribution in [2.24, 2.45) is 0 Å². The monoisotopic (exact) mass is 263 g/mol. The van der Waals surface area contributed by atoms with Crippen molar-refractivity contribution in [1.29, 1.82) is 0 Å². The first-order chi connectivity index (χ1) is 9.20. The summed E-state index contributed by atoms with van der Waals surface area (Å²) in [5.74, 6) is 0.826. The Bertz CT molecular complexity index is 406. The van der Waals surface area contributed by atoms with Crippen molar-refractivity contribution < 1.29 is 9.84 Å². The molecule has 0 radical (unpaired) electrons. The third-order valence-electron chi connectivity index (χ3n) is 4.02. The lowest BCUT2D eigenvalue weighted by atomic mass is 10.0. The van der Waals surface area contributed by atoms with Gasteiger partial charge >= 0.3 is 0 Å². The maximum atomic E-state index is 9.34. The maximum absolute atomic E-state index is 9.34. The molecule has 19 heavy (non-hydrogen) atoms. The Morgan fingerprint density at radius 3 is 2.95 bits per heavy atom. The third kappa shape index (κ3) is 3.95. The molecule has 1 fully saturated rings. The summed E-state index contributed by atoms with van der Waals surface area (Å²) in [6.07, 6.45) is 5.00. The molecule has 1 aromatic rings. The molecule has 0 saturated carbocycles. The highest BCUT2D eigenvalue weighted by Gasteiger charge is 2.18. The van der Waals surface area contributed by atoms with Crippen molar-refractivity contribution in [2.45, 2.75) is 45.3 Å². The molecule has 3 nitrogen and oxygen atoms in total. The van der Waals surface area contributed by atoms with Crippen LogP contribution < -0.4 is 4.74 Å². The summed E-state index contributed by atoms with van der Waals surface area (Å²) in [7, 11) is 2.20. The number of aryl methyl sites for hydroxylation is 1. The number of piperidine rings is 1. The fourth-order valence-corrected chi connectivity index (χ4v) is 2.79. The Labute approximate surface area is 116 Å². The summed E-state index contributed by atoms with van der Waals surface area (Å²) in [5, 5.41) is 9.34. The van der Waals surface area contributed by atoms with Crippen LogP contribution in [0.15, 0.2) is 18.2 Å². The molecule has 1 aliphatic heterocycles. The molecular weight excluding hydrogens is 238 g/mol. The van der Waals surface area contributed by atoms with Gasteiger partial charge in [-0.3, -0.25) is 0 Å². The third-order valence-corrected chi connectivity index (χ3v) is 4.02. The number of hydrogen-bond donors (Lipinski definition) is 1. The van der Waals surface area contributed by atoms with Gasteiger partial charge in [-0.1, -0.05) is 24.1 Å². The maximum Gasteiger partial charge on any atom is 0.124 e. The second kappa shape index (κ2) is 6.92. The lowest BCUT2D eigenvalue weighted by Crippen LogP contribution is -2.37. The molecule has 0 aliphatic carbocycles. The number of aliphatic hydroxyl groups excluding tert-OH is 1. The minimum atomic E-state index is 0.0420. The Morgan fingerprint density at radius 1 is 1.37 bits per heavy atom. The van der Waals surface area contributed by atoms with Crippen LogP contribution in [0, 0.1) is 6.92 Å². The van der Waals surface area contributed by atoms with Gasteiger partial charge in [0.05, 0.1) is 13.2 Å². The fourth-order valence-electron chi connectivity index (χ4n) is 2.79. The standard InChI is InChI=1S/C16H25NO2/c1-13-6-7-16(14(11-13)12-18)19-10-8-15-5-3-4-9-17(15)2/h6-7,11,15,18H,3-5,8-10,12H2,1-2H3. The van der Waals surface area contributed by atoms with E-state index in [0.717, 1.165) is 29.9 Å². The molecule has 0 amide bonds. The summed E-state index contributed by atoms with van der Waals surface area (Å²) < 4.78 is 5.85. The zero-order chi connectivity index (χ0) is 13.7. The van der Waals surface area contributed by atoms with Gasteiger partial charge in [0.2, 0.25) is 0 Å². The van der Waals surface area contributed by atoms with E-state index in [0.29, 0.717) is 6.04 Å². The normalized spacial score (nSPS) is 20.5. The highest BCUT2D eigenvalue weighted by Crippen LogP contribution is 2.22. The van der Waals surface area contributed by atoms with E-state index in [2.05, 4.69) is 11.9 Å². The summed E-state index contributed by atoms with van der Waals surface area (Å²) in [6, 6.07) is 6.63. The molecule has 3 heteroatoms. The predicted molar refractivity (Wildman–Crippen MR) is 77.5 cm³/mol. The average molecular weight is 263 g/mol. The van der Waals surface area contributed by atoms with Gasteiger partial charge in [0, 0.05) is 11.6 Å². The molecule has 0 spiro atoms. The first kappa shape index (κ1) is 14.4. The largest absolute Gasteiger partial charge is 0.493 e. The van der Waals surface area contributed by atoms with Crippen LogP contribution in [-0.2, 0) is 6.61 Å². The van der Waals surface area contributed by atoms with Crippen molar-refractivity contribution in [3.8, 4) is 5.75 Å². The van der Waals surface area contributed by atoms with Crippen molar-refractivity contribution in [3.05, 3.63) is 29.3 Å². The molecule has 1 saturated heterocycles. The number of likely N-dealkylation sites (tertiary alicyclic amines) is 1. The number of ether oxygens (including phenoxy) is 1. The minimum Gasteiger partial charge on any atom is -0.493 e. The molecular formula is C16H25NO2. The molecule has 0 bridgehead atoms. The Balaban J connectivity index is 1.85. The van der Waals surface area contributed by atoms with Crippen molar-refractivity contribution in [2.75, 3.05) is 20.2 Å². The SMILES string of the molecule is Cc1ccc(OCCC2CCCCN2C)c(CO)c1. The van der Waals surface area contributed by atoms with E-state index in [-0.39, 0.29) is 6.61 Å². The first-order valence-electron chi connectivity index (χ1n) is 7.24. The van der Waals surface area contributed by atoms with E-state index in [1.165, 1.54) is 25.8 Å². The minimum absolute atomic E-state index is 0.0420. The zero-order valence-electron chi connectivity index (χ0n) is 12.1. The van der Waals surface area contributed by atoms with E-state index >= 15 is 0 Å². The molecule has 1 heterocycles. The average Bonchev–Trinajstić information content (AvgIpc) is 2.42. The van der Waals surface area contributed by atoms with Gasteiger partial charge in [-0.25, -0.2) is 0 Å². The van der Waals surface area contributed by atoms with Crippen LogP contribution in [0.3, 0.4) is 0 Å². The summed E-state index contributed by atoms with van der Waals surface area (Å²) in [4.78, 5) is 2.44. The van der Waals surface area contributed by atoms with E-state index < -0.39 is 0 Å². The highest BCUT2D eigenvalue weighted by atomic mass is 16.5. The molecule has 1 atom stereocenters. The van der Waals surface area contributed by atoms with E-state index in [9.17, 15) is 5.11 Å². The van der Waals surface area contributed by atoms with E-state index in [1.807, 2.05) is 25.1 Å². The second-order valence-corrected chi connectivity index (χ2v) is 5.54. The van der Waals surface area contributed by atoms with Gasteiger partial charge in [-0.2, -0.15) is 0 Å². The van der Waals surface area contributed by atoms with Crippen molar-refractivity contribution in [3.63, 3.8) is 0 Å². The van der Waals surface area contributed by atoms with Gasteiger partial charge in [0.1, 0.15) is 5.75 Å². The lowest BCUT2D eigenvalue weighted by molar-refractivity contribution is 0.152. The van der Waals surface area contributed by atoms with Gasteiger partial charge in [0.15, 0.2) is 0 Å². The summed E-state index contributed by atoms with van der Waals surface area (Å²) in [6.45, 7) is 4.00. The van der Waals surface area contributed by atoms with E-state index in [4.69, 9.17) is 4.74 Å². The van der Waals surface area contributed by atoms with Crippen LogP contribution in [0.5, 0.6) is 5.75 Å². The smallest absolute Gasteiger partial charge is 0.124 e. The molecule has 1 unspecified atom stereocenters. The van der Waals surface area contributed by atoms with Crippen LogP contribution in [-0.4, -0.2) is 36.2 Å². The van der Waals surface area contributed by atoms with Gasteiger partial charge in [-0.05, 0) is 45.8 Å². The summed E-state index contributed by atoms with van der Waals surface area (Å²) in [5.41, 5.74) is 2.04. The molecule has 1 N–H and O–H groups in total. The van der Waals surface area contributed by atoms with Crippen molar-refractivity contribution >= 4 is 0 Å². The van der Waals surface area contributed by atoms with Crippen LogP contribution in [0.1, 0.15) is 36.8 Å². The predicted octanol–water partition coefficient (Wildman–Crippen LogP) is 2.74. The van der Waals surface area contributed by atoms with Crippen LogP contribution in [0.4, 0.5) is 0 Å². The Morgan fingerprint density at radius 2 is 2.21 bits per heavy atom. The molecule has 2 rings (SSSR count). The Hall–Kier alpha value is -1.06. The number of hydrogen-bond acceptors (Lipinski definition) is 3. The van der Waals surface area contributed by atoms with Crippen molar-refractivity contribution in [1.82, 2.24) is 4.90 Å². The van der Waals surface area contributed by atoms with E-state index in [1.54, 1.807) is 0 Å². The van der Waals surface area contributed by atoms with Crippen LogP contribution in [0.2, 0.25) is 0 Å². The van der Waals surface area contributed by atoms with Crippen LogP contribution >= 0.6 is 0 Å². The second-order valence-electron chi connectivity index (χ2n) is 5.54. The number of aliphatic hydroxyl groups is 1. The molecule has 0 aromatic heterocycles. The fraction of sp³-hybridized carbons (Fsp3) is 0.625. The lowest BCUT2D eigenvalue weighted by Gasteiger charge is -2.32.